The molecule has 2 rings (SSSR count). The van der Waals surface area contributed by atoms with Crippen LogP contribution in [-0.2, 0) is 13.5 Å². The summed E-state index contributed by atoms with van der Waals surface area (Å²) in [6.07, 6.45) is 3.89. The molecule has 0 amide bonds. The molecule has 19 heavy (non-hydrogen) atoms. The fourth-order valence-electron chi connectivity index (χ4n) is 2.07. The molecule has 5 heteroatoms. The molecule has 1 unspecified atom stereocenters. The van der Waals surface area contributed by atoms with Crippen molar-refractivity contribution in [3.63, 3.8) is 0 Å². The zero-order chi connectivity index (χ0) is 13.7. The molecule has 0 bridgehead atoms. The number of aromatic nitrogens is 3. The van der Waals surface area contributed by atoms with Crippen LogP contribution in [0.25, 0.3) is 0 Å². The first-order valence-corrected chi connectivity index (χ1v) is 7.32. The minimum Gasteiger partial charge on any atom is -0.308 e. The molecular formula is C14H19BrN4. The van der Waals surface area contributed by atoms with E-state index in [2.05, 4.69) is 62.7 Å². The quantitative estimate of drug-likeness (QED) is 0.889. The lowest BCUT2D eigenvalue weighted by Gasteiger charge is -2.18. The first-order chi connectivity index (χ1) is 9.20. The van der Waals surface area contributed by atoms with Gasteiger partial charge in [0.25, 0.3) is 0 Å². The lowest BCUT2D eigenvalue weighted by Crippen LogP contribution is -2.26. The molecule has 0 fully saturated rings. The highest BCUT2D eigenvalue weighted by Gasteiger charge is 2.15. The van der Waals surface area contributed by atoms with Crippen LogP contribution in [0, 0.1) is 0 Å². The Morgan fingerprint density at radius 2 is 2.05 bits per heavy atom. The average Bonchev–Trinajstić information content (AvgIpc) is 2.83. The van der Waals surface area contributed by atoms with Gasteiger partial charge in [0.05, 0.1) is 17.9 Å². The Kier molecular flexibility index (Phi) is 5.10. The molecule has 4 nitrogen and oxygen atoms in total. The van der Waals surface area contributed by atoms with Gasteiger partial charge < -0.3 is 5.32 Å². The van der Waals surface area contributed by atoms with E-state index in [1.165, 1.54) is 5.56 Å². The summed E-state index contributed by atoms with van der Waals surface area (Å²) in [5.41, 5.74) is 2.43. The van der Waals surface area contributed by atoms with E-state index in [4.69, 9.17) is 0 Å². The fraction of sp³-hybridized carbons (Fsp3) is 0.429. The largest absolute Gasteiger partial charge is 0.308 e. The molecule has 0 saturated heterocycles. The Hall–Kier alpha value is -1.20. The zero-order valence-corrected chi connectivity index (χ0v) is 12.9. The van der Waals surface area contributed by atoms with E-state index in [1.54, 1.807) is 0 Å². The Bertz CT molecular complexity index is 506. The number of nitrogens with one attached hydrogen (secondary N) is 1. The summed E-state index contributed by atoms with van der Waals surface area (Å²) in [7, 11) is 1.94. The molecular weight excluding hydrogens is 304 g/mol. The van der Waals surface area contributed by atoms with Crippen molar-refractivity contribution in [3.05, 3.63) is 46.2 Å². The number of hydrogen-bond acceptors (Lipinski definition) is 3. The van der Waals surface area contributed by atoms with Crippen molar-refractivity contribution < 1.29 is 0 Å². The molecule has 0 aliphatic rings. The summed E-state index contributed by atoms with van der Waals surface area (Å²) in [6.45, 7) is 3.16. The molecule has 0 aliphatic carbocycles. The van der Waals surface area contributed by atoms with Crippen molar-refractivity contribution in [3.8, 4) is 0 Å². The van der Waals surface area contributed by atoms with Crippen LogP contribution in [0.2, 0.25) is 0 Å². The molecule has 1 heterocycles. The van der Waals surface area contributed by atoms with Gasteiger partial charge >= 0.3 is 0 Å². The van der Waals surface area contributed by atoms with Crippen LogP contribution < -0.4 is 5.32 Å². The second kappa shape index (κ2) is 6.82. The number of halogens is 1. The van der Waals surface area contributed by atoms with Gasteiger partial charge in [-0.1, -0.05) is 40.2 Å². The second-order valence-electron chi connectivity index (χ2n) is 4.62. The smallest absolute Gasteiger partial charge is 0.0756 e. The van der Waals surface area contributed by atoms with Gasteiger partial charge in [0, 0.05) is 11.5 Å². The molecule has 0 spiro atoms. The van der Waals surface area contributed by atoms with E-state index in [0.717, 1.165) is 29.6 Å². The number of hydrogen-bond donors (Lipinski definition) is 1. The summed E-state index contributed by atoms with van der Waals surface area (Å²) in [6, 6.07) is 8.70. The first kappa shape index (κ1) is 14.2. The van der Waals surface area contributed by atoms with Crippen LogP contribution >= 0.6 is 15.9 Å². The molecule has 102 valence electrons. The zero-order valence-electron chi connectivity index (χ0n) is 11.3. The highest BCUT2D eigenvalue weighted by atomic mass is 79.9. The highest BCUT2D eigenvalue weighted by Crippen LogP contribution is 2.19. The Labute approximate surface area is 122 Å². The number of nitrogens with zero attached hydrogens (tertiary/aromatic N) is 3. The standard InChI is InChI=1S/C14H19BrN4/c1-3-8-16-13(14-10-17-18-19(14)2)9-11-4-6-12(15)7-5-11/h4-7,10,13,16H,3,8-9H2,1-2H3. The van der Waals surface area contributed by atoms with Crippen LogP contribution in [0.3, 0.4) is 0 Å². The maximum Gasteiger partial charge on any atom is 0.0756 e. The van der Waals surface area contributed by atoms with Crippen LogP contribution in [0.5, 0.6) is 0 Å². The van der Waals surface area contributed by atoms with Gasteiger partial charge in [-0.15, -0.1) is 5.10 Å². The Morgan fingerprint density at radius 3 is 2.63 bits per heavy atom. The third-order valence-corrected chi connectivity index (χ3v) is 3.63. The lowest BCUT2D eigenvalue weighted by atomic mass is 10.0. The van der Waals surface area contributed by atoms with Crippen LogP contribution in [0.15, 0.2) is 34.9 Å². The normalized spacial score (nSPS) is 12.6. The highest BCUT2D eigenvalue weighted by molar-refractivity contribution is 9.10. The van der Waals surface area contributed by atoms with Gasteiger partial charge in [-0.25, -0.2) is 0 Å². The van der Waals surface area contributed by atoms with Crippen LogP contribution in [0.1, 0.15) is 30.6 Å². The molecule has 2 aromatic rings. The topological polar surface area (TPSA) is 42.7 Å². The SMILES string of the molecule is CCCNC(Cc1ccc(Br)cc1)c1cnnn1C. The minimum absolute atomic E-state index is 0.251. The third kappa shape index (κ3) is 3.88. The van der Waals surface area contributed by atoms with Gasteiger partial charge in [-0.05, 0) is 37.1 Å². The molecule has 0 radical (unpaired) electrons. The minimum atomic E-state index is 0.251. The molecule has 1 N–H and O–H groups in total. The van der Waals surface area contributed by atoms with E-state index < -0.39 is 0 Å². The predicted molar refractivity (Wildman–Crippen MR) is 79.9 cm³/mol. The van der Waals surface area contributed by atoms with Crippen molar-refractivity contribution in [2.45, 2.75) is 25.8 Å². The molecule has 0 saturated carbocycles. The van der Waals surface area contributed by atoms with Crippen molar-refractivity contribution in [1.29, 1.82) is 0 Å². The lowest BCUT2D eigenvalue weighted by molar-refractivity contribution is 0.492. The van der Waals surface area contributed by atoms with E-state index in [9.17, 15) is 0 Å². The summed E-state index contributed by atoms with van der Waals surface area (Å²) in [5, 5.41) is 11.6. The van der Waals surface area contributed by atoms with Crippen molar-refractivity contribution >= 4 is 15.9 Å². The number of aryl methyl sites for hydroxylation is 1. The second-order valence-corrected chi connectivity index (χ2v) is 5.54. The van der Waals surface area contributed by atoms with Gasteiger partial charge in [0.15, 0.2) is 0 Å². The third-order valence-electron chi connectivity index (χ3n) is 3.10. The van der Waals surface area contributed by atoms with Gasteiger partial charge in [-0.2, -0.15) is 0 Å². The first-order valence-electron chi connectivity index (χ1n) is 6.53. The van der Waals surface area contributed by atoms with Crippen LogP contribution in [-0.4, -0.2) is 21.5 Å². The average molecular weight is 323 g/mol. The van der Waals surface area contributed by atoms with Gasteiger partial charge in [0.1, 0.15) is 0 Å². The Balaban J connectivity index is 2.14. The molecule has 1 atom stereocenters. The van der Waals surface area contributed by atoms with Crippen molar-refractivity contribution in [2.75, 3.05) is 6.54 Å². The summed E-state index contributed by atoms with van der Waals surface area (Å²) in [5.74, 6) is 0. The van der Waals surface area contributed by atoms with Gasteiger partial charge in [0.2, 0.25) is 0 Å². The van der Waals surface area contributed by atoms with E-state index in [0.29, 0.717) is 0 Å². The summed E-state index contributed by atoms with van der Waals surface area (Å²) in [4.78, 5) is 0. The molecule has 1 aromatic heterocycles. The van der Waals surface area contributed by atoms with E-state index in [-0.39, 0.29) is 6.04 Å². The van der Waals surface area contributed by atoms with E-state index in [1.807, 2.05) is 17.9 Å². The van der Waals surface area contributed by atoms with Gasteiger partial charge in [-0.3, -0.25) is 4.68 Å². The monoisotopic (exact) mass is 322 g/mol. The van der Waals surface area contributed by atoms with Crippen molar-refractivity contribution in [2.24, 2.45) is 7.05 Å². The number of rotatable bonds is 6. The summed E-state index contributed by atoms with van der Waals surface area (Å²) >= 11 is 3.46. The van der Waals surface area contributed by atoms with E-state index >= 15 is 0 Å². The van der Waals surface area contributed by atoms with Crippen LogP contribution in [0.4, 0.5) is 0 Å². The molecule has 0 aliphatic heterocycles. The fourth-order valence-corrected chi connectivity index (χ4v) is 2.33. The summed E-state index contributed by atoms with van der Waals surface area (Å²) < 4.78 is 2.95. The maximum absolute atomic E-state index is 4.02. The molecule has 1 aromatic carbocycles. The number of benzene rings is 1. The maximum atomic E-state index is 4.02. The van der Waals surface area contributed by atoms with Crippen molar-refractivity contribution in [1.82, 2.24) is 20.3 Å². The predicted octanol–water partition coefficient (Wildman–Crippen LogP) is 2.86. The Morgan fingerprint density at radius 1 is 1.32 bits per heavy atom.